The first-order valence-electron chi connectivity index (χ1n) is 4.75. The van der Waals surface area contributed by atoms with E-state index in [9.17, 15) is 0 Å². The second-order valence-corrected chi connectivity index (χ2v) is 3.38. The van der Waals surface area contributed by atoms with E-state index in [2.05, 4.69) is 26.8 Å². The highest BCUT2D eigenvalue weighted by Crippen LogP contribution is 2.28. The van der Waals surface area contributed by atoms with Crippen molar-refractivity contribution < 1.29 is 4.42 Å². The molecule has 0 radical (unpaired) electrons. The van der Waals surface area contributed by atoms with Gasteiger partial charge >= 0.3 is 0 Å². The van der Waals surface area contributed by atoms with Gasteiger partial charge in [0.25, 0.3) is 0 Å². The molecular formula is C11H18O. The third kappa shape index (κ3) is 1.71. The van der Waals surface area contributed by atoms with E-state index in [-0.39, 0.29) is 0 Å². The number of furan rings is 1. The molecule has 12 heavy (non-hydrogen) atoms. The lowest BCUT2D eigenvalue weighted by atomic mass is 9.94. The molecule has 68 valence electrons. The Morgan fingerprint density at radius 1 is 1.25 bits per heavy atom. The highest BCUT2D eigenvalue weighted by atomic mass is 16.3. The Bertz CT molecular complexity index is 244. The van der Waals surface area contributed by atoms with E-state index < -0.39 is 0 Å². The Hall–Kier alpha value is -0.720. The van der Waals surface area contributed by atoms with Crippen molar-refractivity contribution in [3.8, 4) is 0 Å². The zero-order valence-electron chi connectivity index (χ0n) is 8.48. The molecule has 0 N–H and O–H groups in total. The van der Waals surface area contributed by atoms with Crippen molar-refractivity contribution in [3.05, 3.63) is 23.2 Å². The van der Waals surface area contributed by atoms with Crippen LogP contribution in [0.15, 0.2) is 10.5 Å². The topological polar surface area (TPSA) is 13.1 Å². The van der Waals surface area contributed by atoms with Crippen LogP contribution >= 0.6 is 0 Å². The number of rotatable bonds is 3. The fourth-order valence-electron chi connectivity index (χ4n) is 1.78. The maximum Gasteiger partial charge on any atom is 0.104 e. The zero-order chi connectivity index (χ0) is 9.14. The lowest BCUT2D eigenvalue weighted by molar-refractivity contribution is 0.494. The van der Waals surface area contributed by atoms with Gasteiger partial charge in [-0.1, -0.05) is 13.8 Å². The van der Waals surface area contributed by atoms with Gasteiger partial charge in [-0.2, -0.15) is 0 Å². The fraction of sp³-hybridized carbons (Fsp3) is 0.636. The van der Waals surface area contributed by atoms with Crippen LogP contribution in [0.1, 0.15) is 49.7 Å². The fourth-order valence-corrected chi connectivity index (χ4v) is 1.78. The molecule has 0 aliphatic rings. The van der Waals surface area contributed by atoms with E-state index >= 15 is 0 Å². The SMILES string of the molecule is CCC(CC)c1cc(C)oc1C. The van der Waals surface area contributed by atoms with Gasteiger partial charge in [0.1, 0.15) is 11.5 Å². The summed E-state index contributed by atoms with van der Waals surface area (Å²) in [5.41, 5.74) is 1.40. The minimum Gasteiger partial charge on any atom is -0.466 e. The molecular weight excluding hydrogens is 148 g/mol. The van der Waals surface area contributed by atoms with Gasteiger partial charge in [-0.3, -0.25) is 0 Å². The summed E-state index contributed by atoms with van der Waals surface area (Å²) in [5.74, 6) is 2.82. The quantitative estimate of drug-likeness (QED) is 0.665. The number of aryl methyl sites for hydroxylation is 2. The first kappa shape index (κ1) is 9.37. The molecule has 0 aliphatic carbocycles. The van der Waals surface area contributed by atoms with Crippen molar-refractivity contribution >= 4 is 0 Å². The van der Waals surface area contributed by atoms with Crippen LogP contribution in [0.2, 0.25) is 0 Å². The van der Waals surface area contributed by atoms with E-state index in [0.717, 1.165) is 11.5 Å². The third-order valence-electron chi connectivity index (χ3n) is 2.50. The molecule has 1 heterocycles. The van der Waals surface area contributed by atoms with Gasteiger partial charge in [-0.25, -0.2) is 0 Å². The Morgan fingerprint density at radius 2 is 1.83 bits per heavy atom. The van der Waals surface area contributed by atoms with Crippen LogP contribution in [0.3, 0.4) is 0 Å². The Labute approximate surface area is 74.8 Å². The van der Waals surface area contributed by atoms with Crippen LogP contribution < -0.4 is 0 Å². The largest absolute Gasteiger partial charge is 0.466 e. The van der Waals surface area contributed by atoms with Crippen LogP contribution in [0, 0.1) is 13.8 Å². The molecule has 0 amide bonds. The van der Waals surface area contributed by atoms with Crippen molar-refractivity contribution in [1.82, 2.24) is 0 Å². The van der Waals surface area contributed by atoms with Crippen LogP contribution in [-0.2, 0) is 0 Å². The lowest BCUT2D eigenvalue weighted by Gasteiger charge is -2.09. The second-order valence-electron chi connectivity index (χ2n) is 3.38. The van der Waals surface area contributed by atoms with Gasteiger partial charge in [-0.05, 0) is 44.2 Å². The minimum atomic E-state index is 0.683. The summed E-state index contributed by atoms with van der Waals surface area (Å²) in [5, 5.41) is 0. The summed E-state index contributed by atoms with van der Waals surface area (Å²) in [6, 6.07) is 2.17. The average Bonchev–Trinajstić information content (AvgIpc) is 2.34. The van der Waals surface area contributed by atoms with Crippen molar-refractivity contribution in [1.29, 1.82) is 0 Å². The van der Waals surface area contributed by atoms with Crippen molar-refractivity contribution in [2.75, 3.05) is 0 Å². The van der Waals surface area contributed by atoms with E-state index in [1.54, 1.807) is 0 Å². The molecule has 1 aromatic rings. The average molecular weight is 166 g/mol. The summed E-state index contributed by atoms with van der Waals surface area (Å²) in [6.07, 6.45) is 2.41. The summed E-state index contributed by atoms with van der Waals surface area (Å²) < 4.78 is 5.50. The van der Waals surface area contributed by atoms with Gasteiger partial charge in [0.2, 0.25) is 0 Å². The predicted octanol–water partition coefficient (Wildman–Crippen LogP) is 3.80. The first-order valence-corrected chi connectivity index (χ1v) is 4.75. The highest BCUT2D eigenvalue weighted by molar-refractivity contribution is 5.24. The molecule has 1 heteroatoms. The first-order chi connectivity index (χ1) is 5.69. The van der Waals surface area contributed by atoms with Gasteiger partial charge < -0.3 is 4.42 Å². The summed E-state index contributed by atoms with van der Waals surface area (Å²) in [7, 11) is 0. The van der Waals surface area contributed by atoms with Crippen LogP contribution in [-0.4, -0.2) is 0 Å². The maximum atomic E-state index is 5.50. The molecule has 0 aliphatic heterocycles. The van der Waals surface area contributed by atoms with E-state index in [0.29, 0.717) is 5.92 Å². The molecule has 0 saturated heterocycles. The van der Waals surface area contributed by atoms with Crippen molar-refractivity contribution in [2.45, 2.75) is 46.5 Å². The Balaban J connectivity index is 2.91. The standard InChI is InChI=1S/C11H18O/c1-5-10(6-2)11-7-8(3)12-9(11)4/h7,10H,5-6H2,1-4H3. The van der Waals surface area contributed by atoms with Crippen LogP contribution in [0.4, 0.5) is 0 Å². The highest BCUT2D eigenvalue weighted by Gasteiger charge is 2.12. The monoisotopic (exact) mass is 166 g/mol. The summed E-state index contributed by atoms with van der Waals surface area (Å²) in [6.45, 7) is 8.53. The molecule has 1 rings (SSSR count). The van der Waals surface area contributed by atoms with Gasteiger partial charge in [0.15, 0.2) is 0 Å². The van der Waals surface area contributed by atoms with Crippen molar-refractivity contribution in [2.24, 2.45) is 0 Å². The molecule has 0 atom stereocenters. The lowest BCUT2D eigenvalue weighted by Crippen LogP contribution is -1.94. The summed E-state index contributed by atoms with van der Waals surface area (Å²) in [4.78, 5) is 0. The Kier molecular flexibility index (Phi) is 2.96. The molecule has 1 aromatic heterocycles. The molecule has 0 fully saturated rings. The molecule has 0 aromatic carbocycles. The predicted molar refractivity (Wildman–Crippen MR) is 51.5 cm³/mol. The van der Waals surface area contributed by atoms with Crippen LogP contribution in [0.5, 0.6) is 0 Å². The zero-order valence-corrected chi connectivity index (χ0v) is 8.48. The van der Waals surface area contributed by atoms with Gasteiger partial charge in [-0.15, -0.1) is 0 Å². The second kappa shape index (κ2) is 3.79. The Morgan fingerprint density at radius 3 is 2.17 bits per heavy atom. The molecule has 0 saturated carbocycles. The van der Waals surface area contributed by atoms with Crippen LogP contribution in [0.25, 0.3) is 0 Å². The number of hydrogen-bond donors (Lipinski definition) is 0. The minimum absolute atomic E-state index is 0.683. The molecule has 0 spiro atoms. The molecule has 0 bridgehead atoms. The van der Waals surface area contributed by atoms with Crippen molar-refractivity contribution in [3.63, 3.8) is 0 Å². The smallest absolute Gasteiger partial charge is 0.104 e. The summed E-state index contributed by atoms with van der Waals surface area (Å²) >= 11 is 0. The third-order valence-corrected chi connectivity index (χ3v) is 2.50. The van der Waals surface area contributed by atoms with E-state index in [4.69, 9.17) is 4.42 Å². The number of hydrogen-bond acceptors (Lipinski definition) is 1. The molecule has 0 unspecified atom stereocenters. The van der Waals surface area contributed by atoms with Gasteiger partial charge in [0, 0.05) is 0 Å². The van der Waals surface area contributed by atoms with Gasteiger partial charge in [0.05, 0.1) is 0 Å². The maximum absolute atomic E-state index is 5.50. The van der Waals surface area contributed by atoms with E-state index in [1.807, 2.05) is 6.92 Å². The normalized spacial score (nSPS) is 11.1. The van der Waals surface area contributed by atoms with E-state index in [1.165, 1.54) is 18.4 Å². The molecule has 1 nitrogen and oxygen atoms in total.